The molecule has 0 aliphatic rings. The van der Waals surface area contributed by atoms with E-state index < -0.39 is 5.60 Å². The Kier molecular flexibility index (Phi) is 3.17. The minimum absolute atomic E-state index is 0.365. The molecule has 1 N–H and O–H groups in total. The monoisotopic (exact) mass is 219 g/mol. The molecule has 0 spiro atoms. The fourth-order valence-corrected chi connectivity index (χ4v) is 1.46. The highest BCUT2D eigenvalue weighted by molar-refractivity contribution is 6.34. The summed E-state index contributed by atoms with van der Waals surface area (Å²) in [6, 6.07) is 1.57. The van der Waals surface area contributed by atoms with Crippen LogP contribution in [0.5, 0.6) is 0 Å². The Hall–Kier alpha value is -0.310. The Morgan fingerprint density at radius 1 is 1.46 bits per heavy atom. The summed E-state index contributed by atoms with van der Waals surface area (Å²) in [5.41, 5.74) is 0.0256. The van der Waals surface area contributed by atoms with E-state index in [2.05, 4.69) is 4.98 Å². The van der Waals surface area contributed by atoms with Gasteiger partial charge in [-0.2, -0.15) is 0 Å². The van der Waals surface area contributed by atoms with Crippen molar-refractivity contribution in [2.45, 2.75) is 25.9 Å². The predicted octanol–water partition coefficient (Wildman–Crippen LogP) is 2.70. The molecule has 2 nitrogen and oxygen atoms in total. The first-order chi connectivity index (χ1) is 5.88. The van der Waals surface area contributed by atoms with E-state index in [4.69, 9.17) is 23.2 Å². The van der Waals surface area contributed by atoms with Crippen molar-refractivity contribution in [3.8, 4) is 0 Å². The van der Waals surface area contributed by atoms with Crippen LogP contribution in [0.25, 0.3) is 0 Å². The third kappa shape index (κ3) is 3.51. The van der Waals surface area contributed by atoms with Gasteiger partial charge in [0.15, 0.2) is 0 Å². The van der Waals surface area contributed by atoms with E-state index in [9.17, 15) is 5.11 Å². The van der Waals surface area contributed by atoms with Crippen LogP contribution >= 0.6 is 23.2 Å². The zero-order valence-corrected chi connectivity index (χ0v) is 9.02. The van der Waals surface area contributed by atoms with Crippen LogP contribution in [-0.4, -0.2) is 15.7 Å². The molecule has 0 atom stereocenters. The molecule has 1 aromatic rings. The van der Waals surface area contributed by atoms with Crippen LogP contribution in [0, 0.1) is 0 Å². The van der Waals surface area contributed by atoms with Gasteiger partial charge in [-0.3, -0.25) is 0 Å². The first-order valence-electron chi connectivity index (χ1n) is 3.91. The molecule has 0 saturated heterocycles. The minimum atomic E-state index is -0.779. The largest absolute Gasteiger partial charge is 0.390 e. The smallest absolute Gasteiger partial charge is 0.130 e. The Morgan fingerprint density at radius 3 is 2.54 bits per heavy atom. The lowest BCUT2D eigenvalue weighted by Gasteiger charge is -2.17. The standard InChI is InChI=1S/C9H11Cl2NO/c1-9(2,13)4-6-5-12-8(11)3-7(6)10/h3,5,13H,4H2,1-2H3. The topological polar surface area (TPSA) is 33.1 Å². The maximum Gasteiger partial charge on any atom is 0.130 e. The third-order valence-electron chi connectivity index (χ3n) is 1.52. The first-order valence-corrected chi connectivity index (χ1v) is 4.66. The van der Waals surface area contributed by atoms with Crippen LogP contribution in [0.3, 0.4) is 0 Å². The summed E-state index contributed by atoms with van der Waals surface area (Å²) < 4.78 is 0. The molecule has 72 valence electrons. The third-order valence-corrected chi connectivity index (χ3v) is 2.08. The van der Waals surface area contributed by atoms with Crippen LogP contribution in [-0.2, 0) is 6.42 Å². The number of aliphatic hydroxyl groups is 1. The van der Waals surface area contributed by atoms with Crippen molar-refractivity contribution in [2.75, 3.05) is 0 Å². The molecule has 4 heteroatoms. The van der Waals surface area contributed by atoms with Gasteiger partial charge in [-0.1, -0.05) is 23.2 Å². The van der Waals surface area contributed by atoms with Gasteiger partial charge in [0, 0.05) is 17.6 Å². The average molecular weight is 220 g/mol. The van der Waals surface area contributed by atoms with Crippen molar-refractivity contribution in [3.05, 3.63) is 28.0 Å². The van der Waals surface area contributed by atoms with E-state index in [-0.39, 0.29) is 0 Å². The molecule has 0 unspecified atom stereocenters. The fourth-order valence-electron chi connectivity index (χ4n) is 1.03. The van der Waals surface area contributed by atoms with Crippen LogP contribution in [0.4, 0.5) is 0 Å². The van der Waals surface area contributed by atoms with Crippen molar-refractivity contribution in [1.82, 2.24) is 4.98 Å². The SMILES string of the molecule is CC(C)(O)Cc1cnc(Cl)cc1Cl. The molecule has 0 amide bonds. The van der Waals surface area contributed by atoms with Gasteiger partial charge in [-0.05, 0) is 25.5 Å². The molecule has 1 aromatic heterocycles. The van der Waals surface area contributed by atoms with Gasteiger partial charge >= 0.3 is 0 Å². The number of hydrogen-bond donors (Lipinski definition) is 1. The average Bonchev–Trinajstić information content (AvgIpc) is 1.93. The van der Waals surface area contributed by atoms with E-state index in [1.54, 1.807) is 26.1 Å². The van der Waals surface area contributed by atoms with Gasteiger partial charge in [-0.15, -0.1) is 0 Å². The van der Waals surface area contributed by atoms with Crippen LogP contribution in [0.15, 0.2) is 12.3 Å². The predicted molar refractivity (Wildman–Crippen MR) is 54.3 cm³/mol. The lowest BCUT2D eigenvalue weighted by molar-refractivity contribution is 0.0809. The van der Waals surface area contributed by atoms with Crippen molar-refractivity contribution < 1.29 is 5.11 Å². The van der Waals surface area contributed by atoms with E-state index in [0.717, 1.165) is 5.56 Å². The molecule has 13 heavy (non-hydrogen) atoms. The maximum atomic E-state index is 9.55. The summed E-state index contributed by atoms with van der Waals surface area (Å²) >= 11 is 11.5. The zero-order valence-electron chi connectivity index (χ0n) is 7.51. The molecule has 1 rings (SSSR count). The van der Waals surface area contributed by atoms with E-state index >= 15 is 0 Å². The number of halogens is 2. The molecule has 0 bridgehead atoms. The van der Waals surface area contributed by atoms with Gasteiger partial charge in [0.1, 0.15) is 5.15 Å². The Morgan fingerprint density at radius 2 is 2.08 bits per heavy atom. The molecular weight excluding hydrogens is 209 g/mol. The van der Waals surface area contributed by atoms with Crippen LogP contribution in [0.2, 0.25) is 10.2 Å². The highest BCUT2D eigenvalue weighted by Crippen LogP contribution is 2.22. The van der Waals surface area contributed by atoms with Crippen LogP contribution < -0.4 is 0 Å². The lowest BCUT2D eigenvalue weighted by Crippen LogP contribution is -2.22. The van der Waals surface area contributed by atoms with Gasteiger partial charge in [0.05, 0.1) is 5.60 Å². The van der Waals surface area contributed by atoms with E-state index in [1.165, 1.54) is 0 Å². The Balaban J connectivity index is 2.90. The van der Waals surface area contributed by atoms with Crippen molar-refractivity contribution >= 4 is 23.2 Å². The molecule has 0 aromatic carbocycles. The number of hydrogen-bond acceptors (Lipinski definition) is 2. The second kappa shape index (κ2) is 3.82. The zero-order chi connectivity index (χ0) is 10.1. The summed E-state index contributed by atoms with van der Waals surface area (Å²) in [7, 11) is 0. The Labute approximate surface area is 87.5 Å². The molecule has 0 aliphatic heterocycles. The molecule has 0 saturated carbocycles. The number of aromatic nitrogens is 1. The summed E-state index contributed by atoms with van der Waals surface area (Å²) in [4.78, 5) is 3.89. The molecule has 0 aliphatic carbocycles. The molecule has 0 radical (unpaired) electrons. The van der Waals surface area contributed by atoms with Crippen molar-refractivity contribution in [3.63, 3.8) is 0 Å². The normalized spacial score (nSPS) is 11.8. The second-order valence-corrected chi connectivity index (χ2v) is 4.38. The number of pyridine rings is 1. The van der Waals surface area contributed by atoms with E-state index in [1.807, 2.05) is 0 Å². The lowest BCUT2D eigenvalue weighted by atomic mass is 10.0. The molecule has 1 heterocycles. The minimum Gasteiger partial charge on any atom is -0.390 e. The molecule has 0 fully saturated rings. The van der Waals surface area contributed by atoms with Crippen LogP contribution in [0.1, 0.15) is 19.4 Å². The highest BCUT2D eigenvalue weighted by atomic mass is 35.5. The highest BCUT2D eigenvalue weighted by Gasteiger charge is 2.15. The summed E-state index contributed by atoms with van der Waals surface area (Å²) in [6.07, 6.45) is 2.05. The number of rotatable bonds is 2. The second-order valence-electron chi connectivity index (χ2n) is 3.59. The summed E-state index contributed by atoms with van der Waals surface area (Å²) in [5.74, 6) is 0. The summed E-state index contributed by atoms with van der Waals surface area (Å²) in [5, 5.41) is 10.5. The first kappa shape index (κ1) is 10.8. The fraction of sp³-hybridized carbons (Fsp3) is 0.444. The van der Waals surface area contributed by atoms with Gasteiger partial charge in [0.2, 0.25) is 0 Å². The maximum absolute atomic E-state index is 9.55. The van der Waals surface area contributed by atoms with Crippen molar-refractivity contribution in [1.29, 1.82) is 0 Å². The van der Waals surface area contributed by atoms with Gasteiger partial charge < -0.3 is 5.11 Å². The molecular formula is C9H11Cl2NO. The quantitative estimate of drug-likeness (QED) is 0.777. The van der Waals surface area contributed by atoms with E-state index in [0.29, 0.717) is 16.6 Å². The summed E-state index contributed by atoms with van der Waals surface area (Å²) in [6.45, 7) is 3.44. The van der Waals surface area contributed by atoms with Gasteiger partial charge in [-0.25, -0.2) is 4.98 Å². The van der Waals surface area contributed by atoms with Crippen molar-refractivity contribution in [2.24, 2.45) is 0 Å². The number of nitrogens with zero attached hydrogens (tertiary/aromatic N) is 1. The van der Waals surface area contributed by atoms with Gasteiger partial charge in [0.25, 0.3) is 0 Å². The Bertz CT molecular complexity index is 307.